The molecule has 1 atom stereocenters. The summed E-state index contributed by atoms with van der Waals surface area (Å²) in [5, 5.41) is 0.708. The molecule has 1 amide bonds. The van der Waals surface area contributed by atoms with Gasteiger partial charge in [-0.25, -0.2) is 19.1 Å². The van der Waals surface area contributed by atoms with Gasteiger partial charge >= 0.3 is 17.8 Å². The number of hydrogen-bond donors (Lipinski definition) is 0. The summed E-state index contributed by atoms with van der Waals surface area (Å²) in [5.74, 6) is 1.02. The van der Waals surface area contributed by atoms with E-state index in [2.05, 4.69) is 6.07 Å². The van der Waals surface area contributed by atoms with Crippen molar-refractivity contribution in [3.8, 4) is 22.7 Å². The van der Waals surface area contributed by atoms with Crippen molar-refractivity contribution >= 4 is 28.9 Å². The van der Waals surface area contributed by atoms with Crippen LogP contribution >= 0.6 is 0 Å². The number of rotatable bonds is 8. The Balaban J connectivity index is 1.58. The number of hydrogen-bond acceptors (Lipinski definition) is 10. The normalized spacial score (nSPS) is 16.5. The molecular weight excluding hydrogens is 636 g/mol. The van der Waals surface area contributed by atoms with E-state index in [-0.39, 0.29) is 25.6 Å². The lowest BCUT2D eigenvalue weighted by Gasteiger charge is -2.42. The number of pyridine rings is 2. The Hall–Kier alpha value is -5.00. The average molecular weight is 683 g/mol. The van der Waals surface area contributed by atoms with Crippen LogP contribution in [0, 0.1) is 6.92 Å². The van der Waals surface area contributed by atoms with Crippen LogP contribution in [0.2, 0.25) is 0 Å². The van der Waals surface area contributed by atoms with Gasteiger partial charge in [-0.15, -0.1) is 0 Å². The predicted octanol–water partition coefficient (Wildman–Crippen LogP) is 6.15. The van der Waals surface area contributed by atoms with Crippen LogP contribution in [-0.4, -0.2) is 81.5 Å². The van der Waals surface area contributed by atoms with E-state index in [1.165, 1.54) is 6.92 Å². The highest BCUT2D eigenvalue weighted by Gasteiger charge is 2.37. The summed E-state index contributed by atoms with van der Waals surface area (Å²) in [5.41, 5.74) is 4.23. The highest BCUT2D eigenvalue weighted by Crippen LogP contribution is 2.47. The van der Waals surface area contributed by atoms with Crippen LogP contribution in [0.3, 0.4) is 0 Å². The number of aromatic nitrogens is 4. The molecule has 1 aliphatic carbocycles. The van der Waals surface area contributed by atoms with Crippen LogP contribution in [0.1, 0.15) is 83.0 Å². The minimum atomic E-state index is -0.703. The summed E-state index contributed by atoms with van der Waals surface area (Å²) in [7, 11) is 1.64. The van der Waals surface area contributed by atoms with E-state index < -0.39 is 29.4 Å². The topological polar surface area (TPSA) is 129 Å². The van der Waals surface area contributed by atoms with Crippen molar-refractivity contribution in [3.05, 3.63) is 69.9 Å². The van der Waals surface area contributed by atoms with E-state index in [1.54, 1.807) is 22.8 Å². The van der Waals surface area contributed by atoms with Crippen LogP contribution in [0.5, 0.6) is 5.75 Å². The van der Waals surface area contributed by atoms with Gasteiger partial charge in [0.2, 0.25) is 0 Å². The van der Waals surface area contributed by atoms with Gasteiger partial charge in [0.05, 0.1) is 35.6 Å². The number of esters is 1. The van der Waals surface area contributed by atoms with Gasteiger partial charge in [-0.3, -0.25) is 14.7 Å². The lowest BCUT2D eigenvalue weighted by molar-refractivity contribution is -0.142. The Morgan fingerprint density at radius 3 is 2.46 bits per heavy atom. The lowest BCUT2D eigenvalue weighted by atomic mass is 9.99. The number of carbonyl (C=O) groups excluding carboxylic acids is 2. The molecule has 3 aromatic heterocycles. The van der Waals surface area contributed by atoms with E-state index in [9.17, 15) is 14.4 Å². The number of carbonyl (C=O) groups is 2. The second kappa shape index (κ2) is 13.7. The van der Waals surface area contributed by atoms with Crippen LogP contribution < -0.4 is 15.3 Å². The van der Waals surface area contributed by atoms with Gasteiger partial charge in [0.1, 0.15) is 23.8 Å². The molecule has 2 aliphatic rings. The second-order valence-electron chi connectivity index (χ2n) is 14.4. The highest BCUT2D eigenvalue weighted by atomic mass is 16.6. The average Bonchev–Trinajstić information content (AvgIpc) is 3.91. The Morgan fingerprint density at radius 2 is 1.80 bits per heavy atom. The van der Waals surface area contributed by atoms with E-state index in [1.807, 2.05) is 76.8 Å². The highest BCUT2D eigenvalue weighted by molar-refractivity contribution is 5.92. The standard InChI is InChI=1S/C38H46N6O6/c1-22(2)31-33(23(3)15-16-39-31)44-35-29(19-28(25-13-14-25)32(40-35)27-11-9-10-12-30(27)48-8)34(41-36(44)46)42-17-18-43(37(47)50-38(5,6)7)26(20-42)21-49-24(4)45/h9-12,15-16,19,22,25-26H,13-14,17-18,20-21H2,1-8H3/t26-/m1/s1. The fourth-order valence-electron chi connectivity index (χ4n) is 6.60. The SMILES string of the molecule is COc1ccccc1-c1nc2c(cc1C1CC1)c(N1CCN(C(=O)OC(C)(C)C)[C@@H](COC(C)=O)C1)nc(=O)n2-c1c(C)ccnc1C(C)C. The fourth-order valence-corrected chi connectivity index (χ4v) is 6.60. The third-order valence-electron chi connectivity index (χ3n) is 9.07. The number of amides is 1. The predicted molar refractivity (Wildman–Crippen MR) is 191 cm³/mol. The van der Waals surface area contributed by atoms with Crippen LogP contribution in [0.15, 0.2) is 47.4 Å². The summed E-state index contributed by atoms with van der Waals surface area (Å²) in [6.07, 6.45) is 3.32. The van der Waals surface area contributed by atoms with Gasteiger partial charge in [-0.1, -0.05) is 26.0 Å². The quantitative estimate of drug-likeness (QED) is 0.200. The summed E-state index contributed by atoms with van der Waals surface area (Å²) in [6, 6.07) is 11.3. The zero-order chi connectivity index (χ0) is 35.9. The zero-order valence-corrected chi connectivity index (χ0v) is 30.1. The molecule has 0 N–H and O–H groups in total. The second-order valence-corrected chi connectivity index (χ2v) is 14.4. The van der Waals surface area contributed by atoms with Crippen molar-refractivity contribution in [3.63, 3.8) is 0 Å². The first kappa shape index (κ1) is 34.8. The zero-order valence-electron chi connectivity index (χ0n) is 30.1. The molecule has 1 aliphatic heterocycles. The first-order valence-electron chi connectivity index (χ1n) is 17.2. The Labute approximate surface area is 292 Å². The molecule has 50 heavy (non-hydrogen) atoms. The third kappa shape index (κ3) is 7.01. The maximum atomic E-state index is 14.4. The van der Waals surface area contributed by atoms with Gasteiger partial charge in [0.15, 0.2) is 5.65 Å². The number of piperazine rings is 1. The molecule has 4 heterocycles. The third-order valence-corrected chi connectivity index (χ3v) is 9.07. The summed E-state index contributed by atoms with van der Waals surface area (Å²) >= 11 is 0. The first-order chi connectivity index (χ1) is 23.8. The molecule has 0 spiro atoms. The van der Waals surface area contributed by atoms with Crippen LogP contribution in [0.4, 0.5) is 10.6 Å². The number of para-hydroxylation sites is 1. The minimum absolute atomic E-state index is 0.0221. The molecule has 0 bridgehead atoms. The van der Waals surface area contributed by atoms with E-state index in [0.717, 1.165) is 40.9 Å². The first-order valence-corrected chi connectivity index (χ1v) is 17.2. The van der Waals surface area contributed by atoms with E-state index in [0.29, 0.717) is 40.8 Å². The largest absolute Gasteiger partial charge is 0.496 e. The molecule has 4 aromatic rings. The van der Waals surface area contributed by atoms with Crippen LogP contribution in [0.25, 0.3) is 28.0 Å². The van der Waals surface area contributed by atoms with Crippen molar-refractivity contribution in [2.75, 3.05) is 38.3 Å². The molecular formula is C38H46N6O6. The number of benzene rings is 1. The number of aryl methyl sites for hydroxylation is 1. The molecule has 264 valence electrons. The van der Waals surface area contributed by atoms with Crippen molar-refractivity contribution in [2.45, 2.75) is 84.8 Å². The minimum Gasteiger partial charge on any atom is -0.496 e. The van der Waals surface area contributed by atoms with Gasteiger partial charge in [-0.2, -0.15) is 4.98 Å². The van der Waals surface area contributed by atoms with E-state index in [4.69, 9.17) is 29.2 Å². The number of ether oxygens (including phenoxy) is 3. The van der Waals surface area contributed by atoms with Crippen molar-refractivity contribution in [2.24, 2.45) is 0 Å². The Bertz CT molecular complexity index is 2000. The summed E-state index contributed by atoms with van der Waals surface area (Å²) < 4.78 is 18.5. The molecule has 1 saturated carbocycles. The number of nitrogens with zero attached hydrogens (tertiary/aromatic N) is 6. The maximum Gasteiger partial charge on any atom is 0.410 e. The molecule has 1 saturated heterocycles. The molecule has 1 aromatic carbocycles. The molecule has 12 nitrogen and oxygen atoms in total. The number of methoxy groups -OCH3 is 1. The van der Waals surface area contributed by atoms with Gasteiger partial charge in [0.25, 0.3) is 0 Å². The van der Waals surface area contributed by atoms with Crippen molar-refractivity contribution in [1.29, 1.82) is 0 Å². The van der Waals surface area contributed by atoms with E-state index >= 15 is 0 Å². The van der Waals surface area contributed by atoms with Gasteiger partial charge in [-0.05, 0) is 87.8 Å². The van der Waals surface area contributed by atoms with Gasteiger partial charge < -0.3 is 19.1 Å². The lowest BCUT2D eigenvalue weighted by Crippen LogP contribution is -2.58. The molecule has 0 unspecified atom stereocenters. The summed E-state index contributed by atoms with van der Waals surface area (Å²) in [6.45, 7) is 13.7. The summed E-state index contributed by atoms with van der Waals surface area (Å²) in [4.78, 5) is 58.0. The Morgan fingerprint density at radius 1 is 1.06 bits per heavy atom. The van der Waals surface area contributed by atoms with Crippen molar-refractivity contribution in [1.82, 2.24) is 24.4 Å². The Kier molecular flexibility index (Phi) is 9.56. The van der Waals surface area contributed by atoms with Gasteiger partial charge in [0, 0.05) is 38.3 Å². The maximum absolute atomic E-state index is 14.4. The number of fused-ring (bicyclic) bond motifs is 1. The number of anilines is 1. The fraction of sp³-hybridized carbons (Fsp3) is 0.474. The monoisotopic (exact) mass is 682 g/mol. The molecule has 0 radical (unpaired) electrons. The molecule has 6 rings (SSSR count). The molecule has 2 fully saturated rings. The molecule has 12 heteroatoms. The van der Waals surface area contributed by atoms with Crippen LogP contribution in [-0.2, 0) is 14.3 Å². The smallest absolute Gasteiger partial charge is 0.410 e. The van der Waals surface area contributed by atoms with Crippen molar-refractivity contribution < 1.29 is 23.8 Å².